The average Bonchev–Trinajstić information content (AvgIpc) is 3.11. The fourth-order valence-electron chi connectivity index (χ4n) is 3.74. The number of hydrogen-bond acceptors (Lipinski definition) is 3. The number of amides is 1. The quantitative estimate of drug-likeness (QED) is 0.675. The maximum atomic E-state index is 12.8. The van der Waals surface area contributed by atoms with E-state index in [1.807, 2.05) is 24.3 Å². The lowest BCUT2D eigenvalue weighted by Gasteiger charge is -2.26. The van der Waals surface area contributed by atoms with Crippen LogP contribution in [0.3, 0.4) is 0 Å². The Hall–Kier alpha value is -2.79. The van der Waals surface area contributed by atoms with Gasteiger partial charge in [-0.3, -0.25) is 4.79 Å². The molecule has 5 heteroatoms. The fraction of sp³-hybridized carbons (Fsp3) is 0.286. The van der Waals surface area contributed by atoms with E-state index in [1.54, 1.807) is 7.11 Å². The number of nitrogens with two attached hydrogens (primary N) is 1. The zero-order valence-electron chi connectivity index (χ0n) is 14.8. The first kappa shape index (κ1) is 16.7. The third-order valence-corrected chi connectivity index (χ3v) is 5.14. The van der Waals surface area contributed by atoms with E-state index in [4.69, 9.17) is 10.5 Å². The van der Waals surface area contributed by atoms with Crippen molar-refractivity contribution in [1.29, 1.82) is 0 Å². The molecule has 0 saturated carbocycles. The Morgan fingerprint density at radius 2 is 2.15 bits per heavy atom. The molecule has 1 atom stereocenters. The number of carbonyl (C=O) groups excluding carboxylic acids is 1. The highest BCUT2D eigenvalue weighted by molar-refractivity contribution is 5.98. The lowest BCUT2D eigenvalue weighted by Crippen LogP contribution is -2.31. The molecule has 1 heterocycles. The molecule has 1 aliphatic rings. The van der Waals surface area contributed by atoms with Crippen molar-refractivity contribution in [3.63, 3.8) is 0 Å². The molecule has 0 fully saturated rings. The van der Waals surface area contributed by atoms with Crippen molar-refractivity contribution in [2.75, 3.05) is 7.11 Å². The predicted molar refractivity (Wildman–Crippen MR) is 102 cm³/mol. The summed E-state index contributed by atoms with van der Waals surface area (Å²) < 4.78 is 5.24. The Balaban J connectivity index is 1.57. The molecule has 0 aliphatic heterocycles. The van der Waals surface area contributed by atoms with Crippen LogP contribution in [0.25, 0.3) is 10.9 Å². The van der Waals surface area contributed by atoms with Crippen molar-refractivity contribution in [3.05, 3.63) is 64.8 Å². The number of methoxy groups -OCH3 is 1. The minimum Gasteiger partial charge on any atom is -0.497 e. The Kier molecular flexibility index (Phi) is 4.39. The van der Waals surface area contributed by atoms with E-state index in [2.05, 4.69) is 28.5 Å². The SMILES string of the molecule is COc1ccc2cc(C(=O)NC3CCCc4cc(CN)ccc43)[nH]c2c1. The van der Waals surface area contributed by atoms with Crippen LogP contribution < -0.4 is 15.8 Å². The number of nitrogens with one attached hydrogen (secondary N) is 2. The van der Waals surface area contributed by atoms with Gasteiger partial charge in [-0.15, -0.1) is 0 Å². The second-order valence-electron chi connectivity index (χ2n) is 6.79. The molecule has 0 radical (unpaired) electrons. The number of hydrogen-bond donors (Lipinski definition) is 3. The first-order valence-corrected chi connectivity index (χ1v) is 8.97. The highest BCUT2D eigenvalue weighted by Crippen LogP contribution is 2.31. The van der Waals surface area contributed by atoms with Crippen molar-refractivity contribution >= 4 is 16.8 Å². The number of H-pyrrole nitrogens is 1. The maximum Gasteiger partial charge on any atom is 0.268 e. The van der Waals surface area contributed by atoms with Gasteiger partial charge in [-0.05, 0) is 54.2 Å². The van der Waals surface area contributed by atoms with Crippen LogP contribution in [0.4, 0.5) is 0 Å². The van der Waals surface area contributed by atoms with Crippen LogP contribution in [0.5, 0.6) is 5.75 Å². The minimum atomic E-state index is -0.0825. The summed E-state index contributed by atoms with van der Waals surface area (Å²) in [5.41, 5.74) is 10.9. The number of aromatic amines is 1. The van der Waals surface area contributed by atoms with Gasteiger partial charge in [0.25, 0.3) is 5.91 Å². The molecular formula is C21H23N3O2. The Morgan fingerprint density at radius 1 is 1.27 bits per heavy atom. The number of aromatic nitrogens is 1. The molecule has 4 N–H and O–H groups in total. The van der Waals surface area contributed by atoms with Crippen LogP contribution in [0.1, 0.15) is 46.1 Å². The Labute approximate surface area is 152 Å². The summed E-state index contributed by atoms with van der Waals surface area (Å²) in [5.74, 6) is 0.684. The smallest absolute Gasteiger partial charge is 0.268 e. The van der Waals surface area contributed by atoms with Crippen LogP contribution in [0.15, 0.2) is 42.5 Å². The lowest BCUT2D eigenvalue weighted by molar-refractivity contribution is 0.0928. The summed E-state index contributed by atoms with van der Waals surface area (Å²) in [5, 5.41) is 4.18. The topological polar surface area (TPSA) is 80.1 Å². The van der Waals surface area contributed by atoms with Gasteiger partial charge in [-0.2, -0.15) is 0 Å². The number of aryl methyl sites for hydroxylation is 1. The number of benzene rings is 2. The molecule has 5 nitrogen and oxygen atoms in total. The van der Waals surface area contributed by atoms with Crippen LogP contribution in [0.2, 0.25) is 0 Å². The standard InChI is InChI=1S/C21H23N3O2/c1-26-16-7-6-15-10-20(23-19(15)11-16)21(25)24-18-4-2-3-14-9-13(12-22)5-8-17(14)18/h5-11,18,23H,2-4,12,22H2,1H3,(H,24,25). The van der Waals surface area contributed by atoms with E-state index in [9.17, 15) is 4.79 Å². The van der Waals surface area contributed by atoms with Gasteiger partial charge in [-0.1, -0.05) is 18.2 Å². The van der Waals surface area contributed by atoms with Gasteiger partial charge < -0.3 is 20.8 Å². The third-order valence-electron chi connectivity index (χ3n) is 5.14. The van der Waals surface area contributed by atoms with E-state index in [-0.39, 0.29) is 11.9 Å². The lowest BCUT2D eigenvalue weighted by atomic mass is 9.86. The Morgan fingerprint density at radius 3 is 2.96 bits per heavy atom. The van der Waals surface area contributed by atoms with E-state index >= 15 is 0 Å². The van der Waals surface area contributed by atoms with Crippen LogP contribution in [0, 0.1) is 0 Å². The third kappa shape index (κ3) is 3.06. The molecule has 4 rings (SSSR count). The van der Waals surface area contributed by atoms with Crippen molar-refractivity contribution in [2.24, 2.45) is 5.73 Å². The molecule has 134 valence electrons. The predicted octanol–water partition coefficient (Wildman–Crippen LogP) is 3.44. The van der Waals surface area contributed by atoms with E-state index in [0.29, 0.717) is 12.2 Å². The molecule has 26 heavy (non-hydrogen) atoms. The highest BCUT2D eigenvalue weighted by Gasteiger charge is 2.23. The first-order valence-electron chi connectivity index (χ1n) is 8.97. The maximum absolute atomic E-state index is 12.8. The molecule has 3 aromatic rings. The zero-order chi connectivity index (χ0) is 18.1. The van der Waals surface area contributed by atoms with Crippen LogP contribution >= 0.6 is 0 Å². The summed E-state index contributed by atoms with van der Waals surface area (Å²) in [6.07, 6.45) is 3.06. The largest absolute Gasteiger partial charge is 0.497 e. The monoisotopic (exact) mass is 349 g/mol. The van der Waals surface area contributed by atoms with Crippen molar-refractivity contribution in [1.82, 2.24) is 10.3 Å². The molecule has 1 amide bonds. The number of carbonyl (C=O) groups is 1. The van der Waals surface area contributed by atoms with Gasteiger partial charge in [-0.25, -0.2) is 0 Å². The van der Waals surface area contributed by atoms with Gasteiger partial charge in [0.2, 0.25) is 0 Å². The molecular weight excluding hydrogens is 326 g/mol. The van der Waals surface area contributed by atoms with Crippen LogP contribution in [-0.4, -0.2) is 18.0 Å². The van der Waals surface area contributed by atoms with Gasteiger partial charge in [0, 0.05) is 23.5 Å². The number of rotatable bonds is 4. The van der Waals surface area contributed by atoms with Crippen molar-refractivity contribution in [3.8, 4) is 5.75 Å². The van der Waals surface area contributed by atoms with Gasteiger partial charge in [0.1, 0.15) is 11.4 Å². The first-order chi connectivity index (χ1) is 12.7. The molecule has 0 spiro atoms. The molecule has 1 aliphatic carbocycles. The van der Waals surface area contributed by atoms with Crippen LogP contribution in [-0.2, 0) is 13.0 Å². The van der Waals surface area contributed by atoms with Gasteiger partial charge in [0.05, 0.1) is 13.2 Å². The van der Waals surface area contributed by atoms with E-state index in [0.717, 1.165) is 41.5 Å². The number of fused-ring (bicyclic) bond motifs is 2. The molecule has 0 bridgehead atoms. The second-order valence-corrected chi connectivity index (χ2v) is 6.79. The van der Waals surface area contributed by atoms with Crippen molar-refractivity contribution in [2.45, 2.75) is 31.8 Å². The number of ether oxygens (including phenoxy) is 1. The zero-order valence-corrected chi connectivity index (χ0v) is 14.8. The second kappa shape index (κ2) is 6.84. The molecule has 0 saturated heterocycles. The summed E-state index contributed by atoms with van der Waals surface area (Å²) in [6.45, 7) is 0.544. The molecule has 1 aromatic heterocycles. The summed E-state index contributed by atoms with van der Waals surface area (Å²) in [6, 6.07) is 14.0. The summed E-state index contributed by atoms with van der Waals surface area (Å²) in [4.78, 5) is 16.0. The highest BCUT2D eigenvalue weighted by atomic mass is 16.5. The van der Waals surface area contributed by atoms with Gasteiger partial charge in [0.15, 0.2) is 0 Å². The fourth-order valence-corrected chi connectivity index (χ4v) is 3.74. The van der Waals surface area contributed by atoms with E-state index < -0.39 is 0 Å². The normalized spacial score (nSPS) is 16.3. The van der Waals surface area contributed by atoms with Crippen molar-refractivity contribution < 1.29 is 9.53 Å². The van der Waals surface area contributed by atoms with E-state index in [1.165, 1.54) is 11.1 Å². The molecule has 1 unspecified atom stereocenters. The molecule has 2 aromatic carbocycles. The summed E-state index contributed by atoms with van der Waals surface area (Å²) >= 11 is 0. The Bertz CT molecular complexity index is 961. The average molecular weight is 349 g/mol. The van der Waals surface area contributed by atoms with Gasteiger partial charge >= 0.3 is 0 Å². The summed E-state index contributed by atoms with van der Waals surface area (Å²) in [7, 11) is 1.63. The minimum absolute atomic E-state index is 0.0408.